The molecule has 140 valence electrons. The summed E-state index contributed by atoms with van der Waals surface area (Å²) in [6, 6.07) is 17.5. The van der Waals surface area contributed by atoms with E-state index < -0.39 is 0 Å². The second-order valence-corrected chi connectivity index (χ2v) is 7.36. The minimum Gasteiger partial charge on any atom is -0.409 e. The predicted molar refractivity (Wildman–Crippen MR) is 112 cm³/mol. The number of aromatic nitrogens is 3. The van der Waals surface area contributed by atoms with E-state index in [0.717, 1.165) is 22.4 Å². The first kappa shape index (κ1) is 18.3. The largest absolute Gasteiger partial charge is 0.409 e. The minimum absolute atomic E-state index is 0.0472. The summed E-state index contributed by atoms with van der Waals surface area (Å²) in [4.78, 5) is 17.0. The van der Waals surface area contributed by atoms with Crippen molar-refractivity contribution in [1.29, 1.82) is 0 Å². The van der Waals surface area contributed by atoms with Crippen molar-refractivity contribution in [3.63, 3.8) is 0 Å². The van der Waals surface area contributed by atoms with Crippen LogP contribution >= 0.6 is 23.6 Å². The van der Waals surface area contributed by atoms with Crippen molar-refractivity contribution in [2.45, 2.75) is 13.5 Å². The van der Waals surface area contributed by atoms with Crippen LogP contribution in [-0.2, 0) is 11.3 Å². The highest BCUT2D eigenvalue weighted by molar-refractivity contribution is 7.71. The smallest absolute Gasteiger partial charge is 0.287 e. The zero-order chi connectivity index (χ0) is 19.5. The lowest BCUT2D eigenvalue weighted by molar-refractivity contribution is -0.117. The molecule has 4 aromatic rings. The van der Waals surface area contributed by atoms with Crippen molar-refractivity contribution in [3.05, 3.63) is 70.4 Å². The molecule has 0 radical (unpaired) electrons. The highest BCUT2D eigenvalue weighted by Gasteiger charge is 2.13. The van der Waals surface area contributed by atoms with Gasteiger partial charge in [0.15, 0.2) is 5.13 Å². The summed E-state index contributed by atoms with van der Waals surface area (Å²) in [5.74, 6) is 0.118. The fourth-order valence-corrected chi connectivity index (χ4v) is 3.51. The van der Waals surface area contributed by atoms with Gasteiger partial charge in [-0.15, -0.1) is 16.4 Å². The Labute approximate surface area is 170 Å². The van der Waals surface area contributed by atoms with Crippen molar-refractivity contribution < 1.29 is 9.21 Å². The standard InChI is InChI=1S/C20H16N4O2S2/c1-13-7-9-15(10-8-13)18-23-24(20(27)26-18)11-17(25)22-19-21-16(12-28-19)14-5-3-2-4-6-14/h2-10,12H,11H2,1H3,(H,21,22,25). The molecule has 1 N–H and O–H groups in total. The fraction of sp³-hybridized carbons (Fsp3) is 0.100. The maximum absolute atomic E-state index is 12.4. The summed E-state index contributed by atoms with van der Waals surface area (Å²) < 4.78 is 6.89. The van der Waals surface area contributed by atoms with Crippen LogP contribution in [0.4, 0.5) is 5.13 Å². The Morgan fingerprint density at radius 2 is 1.89 bits per heavy atom. The number of nitrogens with one attached hydrogen (secondary N) is 1. The number of hydrogen-bond donors (Lipinski definition) is 1. The zero-order valence-electron chi connectivity index (χ0n) is 15.0. The fourth-order valence-electron chi connectivity index (χ4n) is 2.59. The average molecular weight is 409 g/mol. The van der Waals surface area contributed by atoms with E-state index in [1.807, 2.05) is 66.9 Å². The number of hydrogen-bond acceptors (Lipinski definition) is 6. The zero-order valence-corrected chi connectivity index (χ0v) is 16.6. The quantitative estimate of drug-likeness (QED) is 0.473. The molecule has 2 aromatic heterocycles. The maximum Gasteiger partial charge on any atom is 0.287 e. The lowest BCUT2D eigenvalue weighted by Crippen LogP contribution is -2.19. The molecular formula is C20H16N4O2S2. The Kier molecular flexibility index (Phi) is 5.14. The summed E-state index contributed by atoms with van der Waals surface area (Å²) in [6.45, 7) is 1.96. The molecule has 1 amide bonds. The highest BCUT2D eigenvalue weighted by Crippen LogP contribution is 2.24. The lowest BCUT2D eigenvalue weighted by Gasteiger charge is -2.01. The van der Waals surface area contributed by atoms with Gasteiger partial charge in [0, 0.05) is 16.5 Å². The van der Waals surface area contributed by atoms with Gasteiger partial charge in [0.25, 0.3) is 4.84 Å². The maximum atomic E-state index is 12.4. The van der Waals surface area contributed by atoms with Gasteiger partial charge in [-0.05, 0) is 31.3 Å². The molecule has 28 heavy (non-hydrogen) atoms. The van der Waals surface area contributed by atoms with Crippen molar-refractivity contribution in [1.82, 2.24) is 14.8 Å². The molecule has 8 heteroatoms. The Morgan fingerprint density at radius 3 is 2.64 bits per heavy atom. The molecule has 0 atom stereocenters. The first-order chi connectivity index (χ1) is 13.6. The number of carbonyl (C=O) groups is 1. The molecule has 0 saturated heterocycles. The van der Waals surface area contributed by atoms with Gasteiger partial charge in [-0.3, -0.25) is 4.79 Å². The molecule has 4 rings (SSSR count). The molecule has 0 bridgehead atoms. The van der Waals surface area contributed by atoms with Crippen LogP contribution in [0, 0.1) is 11.8 Å². The topological polar surface area (TPSA) is 73.0 Å². The number of rotatable bonds is 5. The minimum atomic E-state index is -0.270. The molecule has 0 aliphatic heterocycles. The van der Waals surface area contributed by atoms with Crippen LogP contribution in [-0.4, -0.2) is 20.7 Å². The molecule has 0 spiro atoms. The number of thiazole rings is 1. The number of anilines is 1. The van der Waals surface area contributed by atoms with Crippen LogP contribution in [0.5, 0.6) is 0 Å². The monoisotopic (exact) mass is 408 g/mol. The third-order valence-electron chi connectivity index (χ3n) is 4.02. The molecule has 0 aliphatic carbocycles. The SMILES string of the molecule is Cc1ccc(-c2nn(CC(=O)Nc3nc(-c4ccccc4)cs3)c(=S)o2)cc1. The molecule has 6 nitrogen and oxygen atoms in total. The van der Waals surface area contributed by atoms with E-state index in [9.17, 15) is 4.79 Å². The van der Waals surface area contributed by atoms with Crippen LogP contribution < -0.4 is 5.32 Å². The Balaban J connectivity index is 1.45. The third-order valence-corrected chi connectivity index (χ3v) is 5.07. The molecule has 0 aliphatic rings. The van der Waals surface area contributed by atoms with Gasteiger partial charge in [0.2, 0.25) is 11.8 Å². The van der Waals surface area contributed by atoms with E-state index in [2.05, 4.69) is 15.4 Å². The summed E-state index contributed by atoms with van der Waals surface area (Å²) in [7, 11) is 0. The molecule has 0 saturated carbocycles. The summed E-state index contributed by atoms with van der Waals surface area (Å²) in [5, 5.41) is 9.53. The van der Waals surface area contributed by atoms with E-state index >= 15 is 0 Å². The van der Waals surface area contributed by atoms with Gasteiger partial charge < -0.3 is 9.73 Å². The van der Waals surface area contributed by atoms with Crippen molar-refractivity contribution >= 4 is 34.6 Å². The Bertz CT molecular complexity index is 1160. The highest BCUT2D eigenvalue weighted by atomic mass is 32.1. The van der Waals surface area contributed by atoms with Gasteiger partial charge in [-0.1, -0.05) is 48.0 Å². The predicted octanol–water partition coefficient (Wildman–Crippen LogP) is 4.94. The number of nitrogens with zero attached hydrogens (tertiary/aromatic N) is 3. The van der Waals surface area contributed by atoms with Crippen LogP contribution in [0.25, 0.3) is 22.7 Å². The number of amides is 1. The summed E-state index contributed by atoms with van der Waals surface area (Å²) >= 11 is 6.56. The van der Waals surface area contributed by atoms with Crippen LogP contribution in [0.2, 0.25) is 0 Å². The van der Waals surface area contributed by atoms with Gasteiger partial charge in [0.05, 0.1) is 5.69 Å². The summed E-state index contributed by atoms with van der Waals surface area (Å²) in [5.41, 5.74) is 3.77. The Hall–Kier alpha value is -3.10. The first-order valence-electron chi connectivity index (χ1n) is 8.54. The van der Waals surface area contributed by atoms with Gasteiger partial charge in [-0.25, -0.2) is 9.67 Å². The average Bonchev–Trinajstić information content (AvgIpc) is 3.30. The molecule has 0 unspecified atom stereocenters. The van der Waals surface area contributed by atoms with E-state index in [4.69, 9.17) is 16.6 Å². The van der Waals surface area contributed by atoms with E-state index in [0.29, 0.717) is 11.0 Å². The van der Waals surface area contributed by atoms with E-state index in [-0.39, 0.29) is 17.3 Å². The van der Waals surface area contributed by atoms with Crippen molar-refractivity contribution in [2.75, 3.05) is 5.32 Å². The Morgan fingerprint density at radius 1 is 1.14 bits per heavy atom. The lowest BCUT2D eigenvalue weighted by atomic mass is 10.1. The van der Waals surface area contributed by atoms with Gasteiger partial charge >= 0.3 is 0 Å². The van der Waals surface area contributed by atoms with Crippen LogP contribution in [0.3, 0.4) is 0 Å². The van der Waals surface area contributed by atoms with Gasteiger partial charge in [0.1, 0.15) is 6.54 Å². The van der Waals surface area contributed by atoms with Crippen molar-refractivity contribution in [3.8, 4) is 22.7 Å². The molecule has 0 fully saturated rings. The van der Waals surface area contributed by atoms with Gasteiger partial charge in [-0.2, -0.15) is 0 Å². The van der Waals surface area contributed by atoms with Crippen molar-refractivity contribution in [2.24, 2.45) is 0 Å². The number of carbonyl (C=O) groups excluding carboxylic acids is 1. The molecule has 2 heterocycles. The van der Waals surface area contributed by atoms with Crippen LogP contribution in [0.1, 0.15) is 5.56 Å². The molecular weight excluding hydrogens is 392 g/mol. The number of aryl methyl sites for hydroxylation is 1. The van der Waals surface area contributed by atoms with E-state index in [1.54, 1.807) is 0 Å². The second-order valence-electron chi connectivity index (χ2n) is 6.15. The first-order valence-corrected chi connectivity index (χ1v) is 9.83. The molecule has 2 aromatic carbocycles. The second kappa shape index (κ2) is 7.87. The van der Waals surface area contributed by atoms with E-state index in [1.165, 1.54) is 16.0 Å². The summed E-state index contributed by atoms with van der Waals surface area (Å²) in [6.07, 6.45) is 0. The van der Waals surface area contributed by atoms with Crippen LogP contribution in [0.15, 0.2) is 64.4 Å². The third kappa shape index (κ3) is 4.08. The normalized spacial score (nSPS) is 10.8. The number of benzene rings is 2.